The maximum Gasteiger partial charge on any atom is 0.138 e. The van der Waals surface area contributed by atoms with Crippen molar-refractivity contribution in [2.45, 2.75) is 39.5 Å². The van der Waals surface area contributed by atoms with Gasteiger partial charge in [-0.25, -0.2) is 9.97 Å². The van der Waals surface area contributed by atoms with Gasteiger partial charge in [-0.2, -0.15) is 0 Å². The molecule has 0 spiro atoms. The first-order valence-corrected chi connectivity index (χ1v) is 9.12. The summed E-state index contributed by atoms with van der Waals surface area (Å²) < 4.78 is 0. The summed E-state index contributed by atoms with van der Waals surface area (Å²) in [6, 6.07) is 12.8. The highest BCUT2D eigenvalue weighted by atomic mass is 32.1. The molecule has 0 aliphatic heterocycles. The zero-order valence-electron chi connectivity index (χ0n) is 13.8. The third kappa shape index (κ3) is 4.08. The molecule has 0 saturated carbocycles. The lowest BCUT2D eigenvalue weighted by atomic mass is 10.1. The molecule has 0 aliphatic rings. The van der Waals surface area contributed by atoms with E-state index in [9.17, 15) is 0 Å². The fraction of sp³-hybridized carbons (Fsp3) is 0.368. The zero-order valence-corrected chi connectivity index (χ0v) is 14.6. The molecule has 3 rings (SSSR count). The molecule has 0 fully saturated rings. The van der Waals surface area contributed by atoms with Gasteiger partial charge in [0.15, 0.2) is 0 Å². The molecule has 1 N–H and O–H groups in total. The Kier molecular flexibility index (Phi) is 5.23. The van der Waals surface area contributed by atoms with Crippen LogP contribution in [-0.4, -0.2) is 16.5 Å². The van der Waals surface area contributed by atoms with Gasteiger partial charge in [0.2, 0.25) is 0 Å². The summed E-state index contributed by atoms with van der Waals surface area (Å²) >= 11 is 1.75. The van der Waals surface area contributed by atoms with Gasteiger partial charge in [-0.05, 0) is 37.8 Å². The molecule has 1 aromatic carbocycles. The van der Waals surface area contributed by atoms with Crippen molar-refractivity contribution in [3.63, 3.8) is 0 Å². The maximum atomic E-state index is 4.73. The minimum absolute atomic E-state index is 0.932. The highest BCUT2D eigenvalue weighted by molar-refractivity contribution is 7.18. The van der Waals surface area contributed by atoms with Crippen molar-refractivity contribution in [2.24, 2.45) is 0 Å². The number of hydrogen-bond donors (Lipinski definition) is 1. The van der Waals surface area contributed by atoms with Gasteiger partial charge in [-0.3, -0.25) is 0 Å². The smallest absolute Gasteiger partial charge is 0.138 e. The quantitative estimate of drug-likeness (QED) is 0.621. The monoisotopic (exact) mass is 325 g/mol. The summed E-state index contributed by atoms with van der Waals surface area (Å²) in [5, 5.41) is 4.68. The van der Waals surface area contributed by atoms with E-state index in [4.69, 9.17) is 4.98 Å². The van der Waals surface area contributed by atoms with Crippen LogP contribution < -0.4 is 5.32 Å². The second kappa shape index (κ2) is 7.55. The van der Waals surface area contributed by atoms with E-state index in [1.165, 1.54) is 10.4 Å². The molecule has 0 saturated heterocycles. The van der Waals surface area contributed by atoms with Crippen LogP contribution in [0.3, 0.4) is 0 Å². The first kappa shape index (κ1) is 15.9. The summed E-state index contributed by atoms with van der Waals surface area (Å²) in [5.41, 5.74) is 1.39. The van der Waals surface area contributed by atoms with Crippen LogP contribution >= 0.6 is 11.3 Å². The number of thiophene rings is 1. The number of nitrogens with one attached hydrogen (secondary N) is 1. The molecule has 2 aromatic heterocycles. The average Bonchev–Trinajstić information content (AvgIpc) is 2.93. The number of anilines is 1. The Balaban J connectivity index is 1.68. The minimum atomic E-state index is 0.932. The summed E-state index contributed by atoms with van der Waals surface area (Å²) in [7, 11) is 0. The van der Waals surface area contributed by atoms with E-state index in [0.29, 0.717) is 0 Å². The summed E-state index contributed by atoms with van der Waals surface area (Å²) in [5.74, 6) is 1.95. The number of benzene rings is 1. The highest BCUT2D eigenvalue weighted by Gasteiger charge is 2.10. The number of fused-ring (bicyclic) bond motifs is 1. The zero-order chi connectivity index (χ0) is 16.1. The molecular weight excluding hydrogens is 302 g/mol. The van der Waals surface area contributed by atoms with Crippen LogP contribution in [0.15, 0.2) is 36.4 Å². The largest absolute Gasteiger partial charge is 0.369 e. The standard InChI is InChI=1S/C19H23N3S/c1-3-8-17-21-18(16-13-14(2)23-19(16)22-17)20-12-7-11-15-9-5-4-6-10-15/h4-6,9-10,13H,3,7-8,11-12H2,1-2H3,(H,20,21,22). The predicted octanol–water partition coefficient (Wildman–Crippen LogP) is 5.00. The minimum Gasteiger partial charge on any atom is -0.369 e. The van der Waals surface area contributed by atoms with Crippen molar-refractivity contribution in [3.8, 4) is 0 Å². The number of aromatic nitrogens is 2. The van der Waals surface area contributed by atoms with Crippen LogP contribution in [0.4, 0.5) is 5.82 Å². The maximum absolute atomic E-state index is 4.73. The summed E-state index contributed by atoms with van der Waals surface area (Å²) in [4.78, 5) is 11.8. The van der Waals surface area contributed by atoms with E-state index in [-0.39, 0.29) is 0 Å². The molecule has 3 aromatic rings. The van der Waals surface area contributed by atoms with E-state index in [1.807, 2.05) is 0 Å². The normalized spacial score (nSPS) is 11.0. The van der Waals surface area contributed by atoms with Crippen LogP contribution in [0.5, 0.6) is 0 Å². The van der Waals surface area contributed by atoms with E-state index in [2.05, 4.69) is 60.5 Å². The first-order chi connectivity index (χ1) is 11.3. The van der Waals surface area contributed by atoms with E-state index in [1.54, 1.807) is 11.3 Å². The van der Waals surface area contributed by atoms with Gasteiger partial charge in [-0.1, -0.05) is 37.3 Å². The Morgan fingerprint density at radius 3 is 2.70 bits per heavy atom. The molecule has 4 heteroatoms. The topological polar surface area (TPSA) is 37.8 Å². The summed E-state index contributed by atoms with van der Waals surface area (Å²) in [6.45, 7) is 5.23. The molecule has 120 valence electrons. The number of rotatable bonds is 7. The molecule has 2 heterocycles. The Morgan fingerprint density at radius 1 is 1.09 bits per heavy atom. The lowest BCUT2D eigenvalue weighted by Crippen LogP contribution is -2.07. The fourth-order valence-electron chi connectivity index (χ4n) is 2.70. The average molecular weight is 325 g/mol. The Hall–Kier alpha value is -1.94. The fourth-order valence-corrected chi connectivity index (χ4v) is 3.60. The van der Waals surface area contributed by atoms with Crippen LogP contribution in [0, 0.1) is 6.92 Å². The van der Waals surface area contributed by atoms with Crippen molar-refractivity contribution in [1.29, 1.82) is 0 Å². The van der Waals surface area contributed by atoms with E-state index >= 15 is 0 Å². The van der Waals surface area contributed by atoms with Crippen LogP contribution in [0.2, 0.25) is 0 Å². The van der Waals surface area contributed by atoms with Gasteiger partial charge in [0.25, 0.3) is 0 Å². The Bertz CT molecular complexity index is 765. The van der Waals surface area contributed by atoms with E-state index in [0.717, 1.165) is 54.1 Å². The molecule has 0 amide bonds. The molecule has 0 radical (unpaired) electrons. The van der Waals surface area contributed by atoms with Crippen molar-refractivity contribution >= 4 is 27.4 Å². The van der Waals surface area contributed by atoms with Crippen molar-refractivity contribution in [2.75, 3.05) is 11.9 Å². The molecule has 0 atom stereocenters. The predicted molar refractivity (Wildman–Crippen MR) is 99.4 cm³/mol. The lowest BCUT2D eigenvalue weighted by Gasteiger charge is -2.08. The molecule has 0 aliphatic carbocycles. The van der Waals surface area contributed by atoms with Crippen molar-refractivity contribution < 1.29 is 0 Å². The van der Waals surface area contributed by atoms with Gasteiger partial charge in [-0.15, -0.1) is 11.3 Å². The van der Waals surface area contributed by atoms with Crippen LogP contribution in [0.25, 0.3) is 10.2 Å². The van der Waals surface area contributed by atoms with Crippen LogP contribution in [-0.2, 0) is 12.8 Å². The van der Waals surface area contributed by atoms with Gasteiger partial charge in [0, 0.05) is 17.8 Å². The third-order valence-corrected chi connectivity index (χ3v) is 4.76. The first-order valence-electron chi connectivity index (χ1n) is 8.31. The third-order valence-electron chi connectivity index (χ3n) is 3.81. The van der Waals surface area contributed by atoms with Gasteiger partial charge in [0.05, 0.1) is 5.39 Å². The van der Waals surface area contributed by atoms with E-state index < -0.39 is 0 Å². The number of hydrogen-bond acceptors (Lipinski definition) is 4. The van der Waals surface area contributed by atoms with Gasteiger partial charge >= 0.3 is 0 Å². The molecule has 3 nitrogen and oxygen atoms in total. The summed E-state index contributed by atoms with van der Waals surface area (Å²) in [6.07, 6.45) is 4.20. The number of nitrogens with zero attached hydrogens (tertiary/aromatic N) is 2. The highest BCUT2D eigenvalue weighted by Crippen LogP contribution is 2.28. The van der Waals surface area contributed by atoms with Crippen molar-refractivity contribution in [3.05, 3.63) is 52.7 Å². The molecule has 0 unspecified atom stereocenters. The lowest BCUT2D eigenvalue weighted by molar-refractivity contribution is 0.833. The number of aryl methyl sites for hydroxylation is 3. The van der Waals surface area contributed by atoms with Gasteiger partial charge in [0.1, 0.15) is 16.5 Å². The van der Waals surface area contributed by atoms with Crippen molar-refractivity contribution in [1.82, 2.24) is 9.97 Å². The van der Waals surface area contributed by atoms with Crippen LogP contribution in [0.1, 0.15) is 36.0 Å². The Labute approximate surface area is 141 Å². The molecule has 0 bridgehead atoms. The second-order valence-corrected chi connectivity index (χ2v) is 7.07. The second-order valence-electron chi connectivity index (χ2n) is 5.83. The molecular formula is C19H23N3S. The molecule has 23 heavy (non-hydrogen) atoms. The van der Waals surface area contributed by atoms with Gasteiger partial charge < -0.3 is 5.32 Å². The SMILES string of the molecule is CCCc1nc(NCCCc2ccccc2)c2cc(C)sc2n1. The Morgan fingerprint density at radius 2 is 1.91 bits per heavy atom.